The number of Topliss-reactive ketones (excluding diaryl/α,β-unsaturated/α-hetero) is 2. The standard InChI is InChI=1S/C15H18O2/c16-14-8-4-7-13(11-14)15(17)10-9-12-5-2-1-3-6-12/h1-3,5-6,13H,4,7-11H2. The number of hydrogen-bond donors (Lipinski definition) is 0. The molecule has 0 amide bonds. The summed E-state index contributed by atoms with van der Waals surface area (Å²) in [6.07, 6.45) is 4.31. The minimum absolute atomic E-state index is 0.0000350. The lowest BCUT2D eigenvalue weighted by atomic mass is 9.84. The summed E-state index contributed by atoms with van der Waals surface area (Å²) in [4.78, 5) is 23.3. The van der Waals surface area contributed by atoms with Gasteiger partial charge in [0.05, 0.1) is 0 Å². The van der Waals surface area contributed by atoms with Crippen molar-refractivity contribution in [3.05, 3.63) is 35.9 Å². The average Bonchev–Trinajstić information content (AvgIpc) is 2.37. The van der Waals surface area contributed by atoms with E-state index in [1.165, 1.54) is 5.56 Å². The van der Waals surface area contributed by atoms with Crippen LogP contribution in [0.4, 0.5) is 0 Å². The highest BCUT2D eigenvalue weighted by atomic mass is 16.1. The molecule has 0 aliphatic heterocycles. The zero-order chi connectivity index (χ0) is 12.1. The zero-order valence-electron chi connectivity index (χ0n) is 10.0. The minimum Gasteiger partial charge on any atom is -0.300 e. The van der Waals surface area contributed by atoms with Gasteiger partial charge in [0.15, 0.2) is 0 Å². The fourth-order valence-corrected chi connectivity index (χ4v) is 2.42. The van der Waals surface area contributed by atoms with E-state index in [0.717, 1.165) is 19.3 Å². The molecule has 1 aromatic rings. The highest BCUT2D eigenvalue weighted by molar-refractivity contribution is 5.89. The Morgan fingerprint density at radius 1 is 1.24 bits per heavy atom. The number of hydrogen-bond acceptors (Lipinski definition) is 2. The van der Waals surface area contributed by atoms with Crippen LogP contribution >= 0.6 is 0 Å². The van der Waals surface area contributed by atoms with Gasteiger partial charge in [-0.2, -0.15) is 0 Å². The van der Waals surface area contributed by atoms with Crippen LogP contribution in [0.15, 0.2) is 30.3 Å². The SMILES string of the molecule is O=C1CCCC(C(=O)CCc2ccccc2)C1. The van der Waals surface area contributed by atoms with E-state index >= 15 is 0 Å². The molecule has 0 N–H and O–H groups in total. The molecule has 1 atom stereocenters. The highest BCUT2D eigenvalue weighted by Crippen LogP contribution is 2.23. The smallest absolute Gasteiger partial charge is 0.136 e. The molecule has 0 spiro atoms. The van der Waals surface area contributed by atoms with E-state index in [1.54, 1.807) is 0 Å². The summed E-state index contributed by atoms with van der Waals surface area (Å²) in [6, 6.07) is 10.0. The maximum absolute atomic E-state index is 12.0. The third kappa shape index (κ3) is 3.52. The van der Waals surface area contributed by atoms with Crippen LogP contribution in [-0.4, -0.2) is 11.6 Å². The van der Waals surface area contributed by atoms with E-state index in [9.17, 15) is 9.59 Å². The quantitative estimate of drug-likeness (QED) is 0.797. The summed E-state index contributed by atoms with van der Waals surface area (Å²) < 4.78 is 0. The van der Waals surface area contributed by atoms with Gasteiger partial charge in [0.2, 0.25) is 0 Å². The summed E-state index contributed by atoms with van der Waals surface area (Å²) in [7, 11) is 0. The normalized spacial score (nSPS) is 20.2. The van der Waals surface area contributed by atoms with Crippen LogP contribution in [0, 0.1) is 5.92 Å². The lowest BCUT2D eigenvalue weighted by Crippen LogP contribution is -2.23. The van der Waals surface area contributed by atoms with E-state index in [4.69, 9.17) is 0 Å². The Labute approximate surface area is 102 Å². The molecule has 90 valence electrons. The Balaban J connectivity index is 1.83. The lowest BCUT2D eigenvalue weighted by molar-refractivity contribution is -0.130. The molecule has 2 nitrogen and oxygen atoms in total. The number of aryl methyl sites for hydroxylation is 1. The second-order valence-electron chi connectivity index (χ2n) is 4.78. The topological polar surface area (TPSA) is 34.1 Å². The predicted molar refractivity (Wildman–Crippen MR) is 66.7 cm³/mol. The van der Waals surface area contributed by atoms with Crippen LogP contribution in [0.1, 0.15) is 37.7 Å². The van der Waals surface area contributed by atoms with Gasteiger partial charge in [-0.3, -0.25) is 9.59 Å². The molecular formula is C15H18O2. The summed E-state index contributed by atoms with van der Waals surface area (Å²) in [5, 5.41) is 0. The minimum atomic E-state index is -0.0000350. The summed E-state index contributed by atoms with van der Waals surface area (Å²) in [5.74, 6) is 0.524. The van der Waals surface area contributed by atoms with E-state index < -0.39 is 0 Å². The van der Waals surface area contributed by atoms with Gasteiger partial charge < -0.3 is 0 Å². The Hall–Kier alpha value is -1.44. The predicted octanol–water partition coefficient (Wildman–Crippen LogP) is 2.95. The fraction of sp³-hybridized carbons (Fsp3) is 0.467. The fourth-order valence-electron chi connectivity index (χ4n) is 2.42. The molecule has 0 aromatic heterocycles. The summed E-state index contributed by atoms with van der Waals surface area (Å²) in [5.41, 5.74) is 1.20. The van der Waals surface area contributed by atoms with Gasteiger partial charge in [0, 0.05) is 25.2 Å². The van der Waals surface area contributed by atoms with Crippen molar-refractivity contribution >= 4 is 11.6 Å². The number of carbonyl (C=O) groups excluding carboxylic acids is 2. The Morgan fingerprint density at radius 3 is 2.71 bits per heavy atom. The van der Waals surface area contributed by atoms with Crippen molar-refractivity contribution in [2.24, 2.45) is 5.92 Å². The van der Waals surface area contributed by atoms with Gasteiger partial charge in [-0.25, -0.2) is 0 Å². The lowest BCUT2D eigenvalue weighted by Gasteiger charge is -2.19. The Bertz CT molecular complexity index is 395. The number of carbonyl (C=O) groups is 2. The van der Waals surface area contributed by atoms with Crippen molar-refractivity contribution in [3.63, 3.8) is 0 Å². The first kappa shape index (κ1) is 12.0. The van der Waals surface area contributed by atoms with Gasteiger partial charge in [-0.15, -0.1) is 0 Å². The number of ketones is 2. The van der Waals surface area contributed by atoms with Gasteiger partial charge in [0.1, 0.15) is 11.6 Å². The zero-order valence-corrected chi connectivity index (χ0v) is 10.0. The van der Waals surface area contributed by atoms with Crippen LogP contribution in [0.3, 0.4) is 0 Å². The number of rotatable bonds is 4. The van der Waals surface area contributed by atoms with Crippen LogP contribution in [0.2, 0.25) is 0 Å². The van der Waals surface area contributed by atoms with E-state index in [2.05, 4.69) is 0 Å². The van der Waals surface area contributed by atoms with Gasteiger partial charge in [0.25, 0.3) is 0 Å². The monoisotopic (exact) mass is 230 g/mol. The van der Waals surface area contributed by atoms with Crippen molar-refractivity contribution in [2.75, 3.05) is 0 Å². The molecule has 1 aliphatic rings. The van der Waals surface area contributed by atoms with E-state index in [-0.39, 0.29) is 17.5 Å². The first-order valence-electron chi connectivity index (χ1n) is 6.34. The molecule has 0 saturated heterocycles. The van der Waals surface area contributed by atoms with E-state index in [1.807, 2.05) is 30.3 Å². The Morgan fingerprint density at radius 2 is 2.00 bits per heavy atom. The maximum Gasteiger partial charge on any atom is 0.136 e. The van der Waals surface area contributed by atoms with Crippen molar-refractivity contribution in [1.82, 2.24) is 0 Å². The van der Waals surface area contributed by atoms with Crippen molar-refractivity contribution in [2.45, 2.75) is 38.5 Å². The van der Waals surface area contributed by atoms with Crippen molar-refractivity contribution in [3.8, 4) is 0 Å². The molecule has 1 unspecified atom stereocenters. The molecule has 2 rings (SSSR count). The molecule has 1 aromatic carbocycles. The van der Waals surface area contributed by atoms with Gasteiger partial charge in [-0.05, 0) is 24.8 Å². The Kier molecular flexibility index (Phi) is 4.08. The highest BCUT2D eigenvalue weighted by Gasteiger charge is 2.24. The second kappa shape index (κ2) is 5.76. The van der Waals surface area contributed by atoms with Gasteiger partial charge in [-0.1, -0.05) is 30.3 Å². The third-order valence-corrected chi connectivity index (χ3v) is 3.44. The average molecular weight is 230 g/mol. The van der Waals surface area contributed by atoms with Crippen molar-refractivity contribution in [1.29, 1.82) is 0 Å². The van der Waals surface area contributed by atoms with Crippen molar-refractivity contribution < 1.29 is 9.59 Å². The van der Waals surface area contributed by atoms with Crippen LogP contribution in [0.25, 0.3) is 0 Å². The second-order valence-corrected chi connectivity index (χ2v) is 4.78. The van der Waals surface area contributed by atoms with E-state index in [0.29, 0.717) is 19.3 Å². The molecule has 0 bridgehead atoms. The molecule has 1 aliphatic carbocycles. The molecule has 1 fully saturated rings. The molecular weight excluding hydrogens is 212 g/mol. The number of benzene rings is 1. The first-order chi connectivity index (χ1) is 8.25. The molecule has 0 radical (unpaired) electrons. The molecule has 1 saturated carbocycles. The third-order valence-electron chi connectivity index (χ3n) is 3.44. The van der Waals surface area contributed by atoms with Gasteiger partial charge >= 0.3 is 0 Å². The van der Waals surface area contributed by atoms with Crippen LogP contribution in [-0.2, 0) is 16.0 Å². The van der Waals surface area contributed by atoms with Crippen LogP contribution in [0.5, 0.6) is 0 Å². The molecule has 0 heterocycles. The molecule has 2 heteroatoms. The maximum atomic E-state index is 12.0. The summed E-state index contributed by atoms with van der Waals surface area (Å²) in [6.45, 7) is 0. The largest absolute Gasteiger partial charge is 0.300 e. The first-order valence-corrected chi connectivity index (χ1v) is 6.34. The van der Waals surface area contributed by atoms with Crippen LogP contribution < -0.4 is 0 Å². The summed E-state index contributed by atoms with van der Waals surface area (Å²) >= 11 is 0. The molecule has 17 heavy (non-hydrogen) atoms.